The van der Waals surface area contributed by atoms with Crippen LogP contribution in [0, 0.1) is 11.7 Å². The molecule has 156 valence electrons. The summed E-state index contributed by atoms with van der Waals surface area (Å²) in [6.45, 7) is 2.88. The number of rotatable bonds is 5. The predicted molar refractivity (Wildman–Crippen MR) is 111 cm³/mol. The van der Waals surface area contributed by atoms with Crippen molar-refractivity contribution in [1.29, 1.82) is 0 Å². The van der Waals surface area contributed by atoms with E-state index in [1.165, 1.54) is 6.07 Å². The molecule has 4 rings (SSSR count). The van der Waals surface area contributed by atoms with Gasteiger partial charge in [-0.15, -0.1) is 0 Å². The van der Waals surface area contributed by atoms with Crippen LogP contribution < -0.4 is 15.1 Å². The molecule has 0 unspecified atom stereocenters. The highest BCUT2D eigenvalue weighted by atomic mass is 19.1. The molecular formula is C23H24FN3O3. The van der Waals surface area contributed by atoms with E-state index in [1.54, 1.807) is 28.0 Å². The largest absolute Gasteiger partial charge is 0.352 e. The van der Waals surface area contributed by atoms with E-state index in [2.05, 4.69) is 5.32 Å². The Labute approximate surface area is 174 Å². The Morgan fingerprint density at radius 2 is 2.00 bits per heavy atom. The molecule has 1 N–H and O–H groups in total. The molecule has 0 bridgehead atoms. The van der Waals surface area contributed by atoms with Crippen LogP contribution in [0.2, 0.25) is 0 Å². The normalized spacial score (nSPS) is 17.9. The quantitative estimate of drug-likeness (QED) is 0.826. The standard InChI is InChI=1S/C23H24FN3O3/c1-2-21(28)26-10-9-15-11-18(7-8-20(15)26)27-14-17(12-22(27)29)23(30)25-13-16-5-3-4-6-19(16)24/h3-8,11,17H,2,9-10,12-14H2,1H3,(H,25,30)/t17-/m0/s1. The number of nitrogens with zero attached hydrogens (tertiary/aromatic N) is 2. The number of amides is 3. The number of fused-ring (bicyclic) bond motifs is 1. The van der Waals surface area contributed by atoms with Crippen LogP contribution in [0.5, 0.6) is 0 Å². The fraction of sp³-hybridized carbons (Fsp3) is 0.348. The monoisotopic (exact) mass is 409 g/mol. The van der Waals surface area contributed by atoms with Crippen molar-refractivity contribution < 1.29 is 18.8 Å². The van der Waals surface area contributed by atoms with Gasteiger partial charge in [-0.3, -0.25) is 14.4 Å². The number of halogens is 1. The van der Waals surface area contributed by atoms with E-state index in [1.807, 2.05) is 25.1 Å². The summed E-state index contributed by atoms with van der Waals surface area (Å²) in [6.07, 6.45) is 1.33. The molecule has 1 saturated heterocycles. The maximum absolute atomic E-state index is 13.7. The highest BCUT2D eigenvalue weighted by Crippen LogP contribution is 2.34. The Hall–Kier alpha value is -3.22. The minimum absolute atomic E-state index is 0.0883. The van der Waals surface area contributed by atoms with Gasteiger partial charge in [-0.05, 0) is 36.2 Å². The summed E-state index contributed by atoms with van der Waals surface area (Å²) in [5.74, 6) is -1.12. The molecule has 2 aliphatic heterocycles. The predicted octanol–water partition coefficient (Wildman–Crippen LogP) is 2.79. The smallest absolute Gasteiger partial charge is 0.227 e. The number of carbonyl (C=O) groups is 3. The second-order valence-electron chi connectivity index (χ2n) is 7.68. The first-order valence-electron chi connectivity index (χ1n) is 10.2. The molecule has 1 fully saturated rings. The van der Waals surface area contributed by atoms with Crippen LogP contribution in [0.3, 0.4) is 0 Å². The Morgan fingerprint density at radius 1 is 1.20 bits per heavy atom. The molecule has 7 heteroatoms. The van der Waals surface area contributed by atoms with Crippen LogP contribution in [0.25, 0.3) is 0 Å². The van der Waals surface area contributed by atoms with Gasteiger partial charge in [0.1, 0.15) is 5.82 Å². The molecule has 2 heterocycles. The van der Waals surface area contributed by atoms with E-state index in [0.717, 1.165) is 23.4 Å². The van der Waals surface area contributed by atoms with E-state index < -0.39 is 5.92 Å². The number of benzene rings is 2. The zero-order chi connectivity index (χ0) is 21.3. The average molecular weight is 409 g/mol. The number of anilines is 2. The molecule has 2 aromatic rings. The first-order chi connectivity index (χ1) is 14.5. The lowest BCUT2D eigenvalue weighted by Gasteiger charge is -2.20. The molecule has 0 aromatic heterocycles. The molecule has 3 amide bonds. The summed E-state index contributed by atoms with van der Waals surface area (Å²) in [4.78, 5) is 40.6. The van der Waals surface area contributed by atoms with Gasteiger partial charge in [0, 0.05) is 49.4 Å². The number of carbonyl (C=O) groups excluding carboxylic acids is 3. The molecule has 0 spiro atoms. The van der Waals surface area contributed by atoms with Crippen molar-refractivity contribution in [1.82, 2.24) is 5.32 Å². The van der Waals surface area contributed by atoms with Crippen LogP contribution in [-0.4, -0.2) is 30.8 Å². The summed E-state index contributed by atoms with van der Waals surface area (Å²) in [7, 11) is 0. The topological polar surface area (TPSA) is 69.7 Å². The molecule has 1 atom stereocenters. The molecule has 0 radical (unpaired) electrons. The minimum Gasteiger partial charge on any atom is -0.352 e. The summed E-state index contributed by atoms with van der Waals surface area (Å²) in [5.41, 5.74) is 3.09. The van der Waals surface area contributed by atoms with Crippen LogP contribution in [-0.2, 0) is 27.3 Å². The van der Waals surface area contributed by atoms with E-state index in [-0.39, 0.29) is 36.5 Å². The fourth-order valence-electron chi connectivity index (χ4n) is 4.11. The molecule has 6 nitrogen and oxygen atoms in total. The molecule has 2 aromatic carbocycles. The first-order valence-corrected chi connectivity index (χ1v) is 10.2. The first kappa shape index (κ1) is 20.1. The van der Waals surface area contributed by atoms with Gasteiger partial charge in [0.05, 0.1) is 5.92 Å². The Bertz CT molecular complexity index is 1010. The number of nitrogens with one attached hydrogen (secondary N) is 1. The lowest BCUT2D eigenvalue weighted by atomic mass is 10.1. The van der Waals surface area contributed by atoms with E-state index in [9.17, 15) is 18.8 Å². The second-order valence-corrected chi connectivity index (χ2v) is 7.68. The van der Waals surface area contributed by atoms with Gasteiger partial charge in [0.2, 0.25) is 17.7 Å². The summed E-state index contributed by atoms with van der Waals surface area (Å²) < 4.78 is 13.7. The molecular weight excluding hydrogens is 385 g/mol. The van der Waals surface area contributed by atoms with Crippen molar-refractivity contribution in [3.05, 3.63) is 59.4 Å². The van der Waals surface area contributed by atoms with Gasteiger partial charge in [0.25, 0.3) is 0 Å². The van der Waals surface area contributed by atoms with Gasteiger partial charge in [-0.25, -0.2) is 4.39 Å². The third kappa shape index (κ3) is 3.79. The number of hydrogen-bond acceptors (Lipinski definition) is 3. The summed E-state index contributed by atoms with van der Waals surface area (Å²) in [6, 6.07) is 11.9. The zero-order valence-corrected chi connectivity index (χ0v) is 16.9. The van der Waals surface area contributed by atoms with E-state index in [0.29, 0.717) is 25.1 Å². The van der Waals surface area contributed by atoms with Crippen LogP contribution in [0.1, 0.15) is 30.9 Å². The van der Waals surface area contributed by atoms with Crippen molar-refractivity contribution in [2.45, 2.75) is 32.7 Å². The van der Waals surface area contributed by atoms with Crippen LogP contribution in [0.4, 0.5) is 15.8 Å². The third-order valence-electron chi connectivity index (χ3n) is 5.78. The number of hydrogen-bond donors (Lipinski definition) is 1. The van der Waals surface area contributed by atoms with Crippen LogP contribution >= 0.6 is 0 Å². The molecule has 30 heavy (non-hydrogen) atoms. The lowest BCUT2D eigenvalue weighted by Crippen LogP contribution is -2.32. The highest BCUT2D eigenvalue weighted by molar-refractivity contribution is 6.01. The van der Waals surface area contributed by atoms with E-state index in [4.69, 9.17) is 0 Å². The minimum atomic E-state index is -0.476. The third-order valence-corrected chi connectivity index (χ3v) is 5.78. The van der Waals surface area contributed by atoms with E-state index >= 15 is 0 Å². The zero-order valence-electron chi connectivity index (χ0n) is 16.9. The van der Waals surface area contributed by atoms with Gasteiger partial charge in [-0.2, -0.15) is 0 Å². The van der Waals surface area contributed by atoms with Crippen molar-refractivity contribution in [2.75, 3.05) is 22.9 Å². The van der Waals surface area contributed by atoms with Crippen LogP contribution in [0.15, 0.2) is 42.5 Å². The van der Waals surface area contributed by atoms with Gasteiger partial charge >= 0.3 is 0 Å². The molecule has 0 saturated carbocycles. The lowest BCUT2D eigenvalue weighted by molar-refractivity contribution is -0.126. The van der Waals surface area contributed by atoms with Gasteiger partial charge in [-0.1, -0.05) is 25.1 Å². The van der Waals surface area contributed by atoms with Gasteiger partial charge in [0.15, 0.2) is 0 Å². The molecule has 2 aliphatic rings. The Morgan fingerprint density at radius 3 is 2.77 bits per heavy atom. The van der Waals surface area contributed by atoms with Crippen molar-refractivity contribution >= 4 is 29.1 Å². The Balaban J connectivity index is 1.42. The Kier molecular flexibility index (Phi) is 5.53. The summed E-state index contributed by atoms with van der Waals surface area (Å²) in [5, 5.41) is 2.74. The van der Waals surface area contributed by atoms with Gasteiger partial charge < -0.3 is 15.1 Å². The molecule has 0 aliphatic carbocycles. The maximum atomic E-state index is 13.7. The van der Waals surface area contributed by atoms with Crippen molar-refractivity contribution in [2.24, 2.45) is 5.92 Å². The highest BCUT2D eigenvalue weighted by Gasteiger charge is 2.35. The SMILES string of the molecule is CCC(=O)N1CCc2cc(N3C[C@@H](C(=O)NCc4ccccc4F)CC3=O)ccc21. The average Bonchev–Trinajstić information content (AvgIpc) is 3.35. The maximum Gasteiger partial charge on any atom is 0.227 e. The fourth-order valence-corrected chi connectivity index (χ4v) is 4.11. The van der Waals surface area contributed by atoms with Crippen molar-refractivity contribution in [3.8, 4) is 0 Å². The second kappa shape index (κ2) is 8.26. The van der Waals surface area contributed by atoms with Crippen molar-refractivity contribution in [3.63, 3.8) is 0 Å². The summed E-state index contributed by atoms with van der Waals surface area (Å²) >= 11 is 0.